The van der Waals surface area contributed by atoms with Gasteiger partial charge in [-0.25, -0.2) is 0 Å². The second-order valence-electron chi connectivity index (χ2n) is 3.03. The molecule has 0 saturated heterocycles. The fourth-order valence-electron chi connectivity index (χ4n) is 0.829. The predicted molar refractivity (Wildman–Crippen MR) is 40.9 cm³/mol. The van der Waals surface area contributed by atoms with Gasteiger partial charge in [-0.3, -0.25) is 4.79 Å². The summed E-state index contributed by atoms with van der Waals surface area (Å²) in [6.07, 6.45) is 3.34. The third-order valence-corrected chi connectivity index (χ3v) is 1.42. The second-order valence-corrected chi connectivity index (χ2v) is 3.03. The molecule has 0 aromatic rings. The van der Waals surface area contributed by atoms with Crippen LogP contribution < -0.4 is 0 Å². The van der Waals surface area contributed by atoms with Crippen molar-refractivity contribution in [3.05, 3.63) is 0 Å². The summed E-state index contributed by atoms with van der Waals surface area (Å²) in [6, 6.07) is 0. The molecular weight excluding hydrogens is 307 g/mol. The molecule has 1 N–H and O–H groups in total. The van der Waals surface area contributed by atoms with Crippen LogP contribution in [-0.2, 0) is 30.6 Å². The van der Waals surface area contributed by atoms with Crippen molar-refractivity contribution < 1.29 is 35.7 Å². The fraction of sp³-hybridized carbons (Fsp3) is 0.875. The zero-order valence-corrected chi connectivity index (χ0v) is 10.9. The molecule has 0 unspecified atom stereocenters. The van der Waals surface area contributed by atoms with E-state index >= 15 is 0 Å². The minimum Gasteiger partial charge on any atom is -0.481 e. The van der Waals surface area contributed by atoms with Gasteiger partial charge in [-0.05, 0) is 12.3 Å². The molecule has 0 aliphatic carbocycles. The summed E-state index contributed by atoms with van der Waals surface area (Å²) in [5, 5.41) is 8.28. The molecule has 0 fully saturated rings. The van der Waals surface area contributed by atoms with Crippen molar-refractivity contribution in [1.29, 1.82) is 0 Å². The van der Waals surface area contributed by atoms with E-state index in [2.05, 4.69) is 13.8 Å². The maximum absolute atomic E-state index is 10.0. The van der Waals surface area contributed by atoms with Crippen molar-refractivity contribution in [3.63, 3.8) is 0 Å². The van der Waals surface area contributed by atoms with E-state index < -0.39 is 5.97 Å². The largest absolute Gasteiger partial charge is 0.481 e. The van der Waals surface area contributed by atoms with Gasteiger partial charge in [-0.15, -0.1) is 0 Å². The first-order valence-corrected chi connectivity index (χ1v) is 3.84. The number of carboxylic acids is 1. The SMILES string of the molecule is CC(C)CCCCC(=O)O.[Hf]. The Labute approximate surface area is 87.2 Å². The van der Waals surface area contributed by atoms with E-state index in [0.717, 1.165) is 19.3 Å². The third-order valence-electron chi connectivity index (χ3n) is 1.42. The number of unbranched alkanes of at least 4 members (excludes halogenated alkanes) is 1. The molecule has 0 amide bonds. The van der Waals surface area contributed by atoms with E-state index in [1.807, 2.05) is 0 Å². The Hall–Kier alpha value is 0.340. The first kappa shape index (κ1) is 13.9. The van der Waals surface area contributed by atoms with Crippen LogP contribution in [0.25, 0.3) is 0 Å². The standard InChI is InChI=1S/C8H16O2.Hf/c1-7(2)5-3-4-6-8(9)10;/h7H,3-6H2,1-2H3,(H,9,10);. The smallest absolute Gasteiger partial charge is 0.303 e. The van der Waals surface area contributed by atoms with Crippen LogP contribution in [0.4, 0.5) is 0 Å². The van der Waals surface area contributed by atoms with Crippen molar-refractivity contribution in [2.75, 3.05) is 0 Å². The van der Waals surface area contributed by atoms with Gasteiger partial charge in [0.05, 0.1) is 0 Å². The molecule has 0 atom stereocenters. The zero-order valence-electron chi connectivity index (χ0n) is 7.26. The van der Waals surface area contributed by atoms with Crippen LogP contribution in [0, 0.1) is 5.92 Å². The van der Waals surface area contributed by atoms with Crippen LogP contribution in [0.3, 0.4) is 0 Å². The Morgan fingerprint density at radius 2 is 1.91 bits per heavy atom. The van der Waals surface area contributed by atoms with Gasteiger partial charge in [0.2, 0.25) is 0 Å². The molecule has 0 aromatic heterocycles. The number of carbonyl (C=O) groups is 1. The molecule has 3 heteroatoms. The molecule has 11 heavy (non-hydrogen) atoms. The van der Waals surface area contributed by atoms with E-state index in [0.29, 0.717) is 12.3 Å². The Morgan fingerprint density at radius 1 is 1.36 bits per heavy atom. The summed E-state index contributed by atoms with van der Waals surface area (Å²) in [5.74, 6) is 0.0255. The summed E-state index contributed by atoms with van der Waals surface area (Å²) in [7, 11) is 0. The van der Waals surface area contributed by atoms with Crippen molar-refractivity contribution in [2.45, 2.75) is 39.5 Å². The van der Waals surface area contributed by atoms with E-state index in [-0.39, 0.29) is 25.8 Å². The number of hydrogen-bond donors (Lipinski definition) is 1. The molecule has 0 saturated carbocycles. The van der Waals surface area contributed by atoms with Gasteiger partial charge in [0.25, 0.3) is 0 Å². The van der Waals surface area contributed by atoms with Crippen molar-refractivity contribution >= 4 is 5.97 Å². The van der Waals surface area contributed by atoms with Crippen molar-refractivity contribution in [3.8, 4) is 0 Å². The van der Waals surface area contributed by atoms with Gasteiger partial charge in [0.1, 0.15) is 0 Å². The van der Waals surface area contributed by atoms with E-state index in [9.17, 15) is 4.79 Å². The summed E-state index contributed by atoms with van der Waals surface area (Å²) in [4.78, 5) is 10.0. The van der Waals surface area contributed by atoms with Gasteiger partial charge in [-0.1, -0.05) is 26.7 Å². The maximum Gasteiger partial charge on any atom is 0.303 e. The topological polar surface area (TPSA) is 37.3 Å². The molecule has 0 radical (unpaired) electrons. The number of aliphatic carboxylic acids is 1. The second kappa shape index (κ2) is 8.44. The first-order chi connectivity index (χ1) is 4.63. The maximum atomic E-state index is 10.0. The van der Waals surface area contributed by atoms with Crippen LogP contribution in [0.1, 0.15) is 39.5 Å². The van der Waals surface area contributed by atoms with Gasteiger partial charge < -0.3 is 5.11 Å². The monoisotopic (exact) mass is 324 g/mol. The van der Waals surface area contributed by atoms with Crippen molar-refractivity contribution in [2.24, 2.45) is 5.92 Å². The Kier molecular flexibility index (Phi) is 10.7. The molecule has 0 aromatic carbocycles. The molecule has 0 heterocycles. The van der Waals surface area contributed by atoms with Gasteiger partial charge in [-0.2, -0.15) is 0 Å². The minimum atomic E-state index is -0.677. The normalized spacial score (nSPS) is 9.36. The van der Waals surface area contributed by atoms with E-state index in [1.54, 1.807) is 0 Å². The van der Waals surface area contributed by atoms with Gasteiger partial charge >= 0.3 is 5.97 Å². The first-order valence-electron chi connectivity index (χ1n) is 3.84. The number of hydrogen-bond acceptors (Lipinski definition) is 1. The molecular formula is C8H16HfO2. The molecule has 2 nitrogen and oxygen atoms in total. The average molecular weight is 323 g/mol. The Balaban J connectivity index is 0. The minimum absolute atomic E-state index is 0. The molecule has 0 rings (SSSR count). The average Bonchev–Trinajstić information content (AvgIpc) is 1.79. The molecule has 0 aliphatic rings. The van der Waals surface area contributed by atoms with Crippen LogP contribution in [-0.4, -0.2) is 11.1 Å². The summed E-state index contributed by atoms with van der Waals surface area (Å²) < 4.78 is 0. The number of rotatable bonds is 5. The van der Waals surface area contributed by atoms with Gasteiger partial charge in [0, 0.05) is 32.3 Å². The molecule has 64 valence electrons. The Bertz CT molecular complexity index is 102. The summed E-state index contributed by atoms with van der Waals surface area (Å²) >= 11 is 0. The van der Waals surface area contributed by atoms with Crippen LogP contribution in [0.2, 0.25) is 0 Å². The van der Waals surface area contributed by atoms with Crippen LogP contribution >= 0.6 is 0 Å². The van der Waals surface area contributed by atoms with Crippen molar-refractivity contribution in [1.82, 2.24) is 0 Å². The van der Waals surface area contributed by atoms with Crippen LogP contribution in [0.5, 0.6) is 0 Å². The van der Waals surface area contributed by atoms with Gasteiger partial charge in [0.15, 0.2) is 0 Å². The Morgan fingerprint density at radius 3 is 2.27 bits per heavy atom. The molecule has 0 bridgehead atoms. The molecule has 0 aliphatic heterocycles. The van der Waals surface area contributed by atoms with Crippen LogP contribution in [0.15, 0.2) is 0 Å². The summed E-state index contributed by atoms with van der Waals surface area (Å²) in [6.45, 7) is 4.31. The molecule has 0 spiro atoms. The van der Waals surface area contributed by atoms with E-state index in [1.165, 1.54) is 0 Å². The number of carboxylic acid groups (broad SMARTS) is 1. The quantitative estimate of drug-likeness (QED) is 0.623. The fourth-order valence-corrected chi connectivity index (χ4v) is 0.829. The zero-order chi connectivity index (χ0) is 7.98. The summed E-state index contributed by atoms with van der Waals surface area (Å²) in [5.41, 5.74) is 0. The van der Waals surface area contributed by atoms with E-state index in [4.69, 9.17) is 5.11 Å². The predicted octanol–water partition coefficient (Wildman–Crippen LogP) is 2.28. The third kappa shape index (κ3) is 13.3.